The van der Waals surface area contributed by atoms with Crippen LogP contribution in [0, 0.1) is 0 Å². The van der Waals surface area contributed by atoms with Gasteiger partial charge in [-0.15, -0.1) is 0 Å². The standard InChI is InChI=1S/C20H23N5O3/c1-12(2)22-18(19(21)27)17(26)11-25-9-8-15-16(10-25)24-20(23-15)13-4-6-14(28-3)7-5-13/h4-10,12,18,22H,11H2,1-3H3,(H2,21,27). The number of carbonyl (C=O) groups is 2. The number of carbonyl (C=O) groups excluding carboxylic acids is 2. The molecule has 8 heteroatoms. The lowest BCUT2D eigenvalue weighted by Gasteiger charge is -2.18. The van der Waals surface area contributed by atoms with Gasteiger partial charge in [0.15, 0.2) is 11.6 Å². The Bertz CT molecular complexity index is 949. The number of methoxy groups -OCH3 is 1. The van der Waals surface area contributed by atoms with E-state index in [1.165, 1.54) is 0 Å². The monoisotopic (exact) mass is 381 g/mol. The number of primary amides is 1. The number of nitrogens with one attached hydrogen (secondary N) is 1. The van der Waals surface area contributed by atoms with Crippen molar-refractivity contribution in [3.63, 3.8) is 0 Å². The summed E-state index contributed by atoms with van der Waals surface area (Å²) >= 11 is 0. The minimum absolute atomic E-state index is 0.00793. The summed E-state index contributed by atoms with van der Waals surface area (Å²) in [6.45, 7) is 3.71. The van der Waals surface area contributed by atoms with Crippen LogP contribution in [0.4, 0.5) is 0 Å². The van der Waals surface area contributed by atoms with E-state index in [1.807, 2.05) is 38.1 Å². The number of ketones is 1. The number of nitrogens with zero attached hydrogens (tertiary/aromatic N) is 3. The van der Waals surface area contributed by atoms with E-state index in [1.54, 1.807) is 30.1 Å². The molecule has 0 saturated carbocycles. The highest BCUT2D eigenvalue weighted by atomic mass is 16.5. The molecule has 8 nitrogen and oxygen atoms in total. The maximum atomic E-state index is 12.5. The Labute approximate surface area is 163 Å². The highest BCUT2D eigenvalue weighted by molar-refractivity contribution is 6.04. The maximum Gasteiger partial charge on any atom is 0.242 e. The number of benzene rings is 1. The van der Waals surface area contributed by atoms with Crippen LogP contribution in [0.25, 0.3) is 22.8 Å². The first-order valence-electron chi connectivity index (χ1n) is 8.93. The van der Waals surface area contributed by atoms with E-state index in [-0.39, 0.29) is 18.4 Å². The van der Waals surface area contributed by atoms with E-state index in [0.29, 0.717) is 11.5 Å². The van der Waals surface area contributed by atoms with Crippen LogP contribution < -0.4 is 15.8 Å². The second kappa shape index (κ2) is 8.18. The Morgan fingerprint density at radius 2 is 1.82 bits per heavy atom. The zero-order chi connectivity index (χ0) is 20.3. The summed E-state index contributed by atoms with van der Waals surface area (Å²) in [7, 11) is 1.61. The molecule has 0 fully saturated rings. The number of nitrogens with two attached hydrogens (primary N) is 1. The molecule has 1 unspecified atom stereocenters. The highest BCUT2D eigenvalue weighted by Crippen LogP contribution is 2.25. The fourth-order valence-electron chi connectivity index (χ4n) is 2.86. The van der Waals surface area contributed by atoms with Gasteiger partial charge >= 0.3 is 0 Å². The number of Topliss-reactive ketones (excluding diaryl/α,β-unsaturated/α-hetero) is 1. The van der Waals surface area contributed by atoms with Crippen molar-refractivity contribution in [3.8, 4) is 28.5 Å². The minimum Gasteiger partial charge on any atom is -0.497 e. The first-order valence-corrected chi connectivity index (χ1v) is 8.93. The zero-order valence-electron chi connectivity index (χ0n) is 16.0. The molecule has 3 rings (SSSR count). The van der Waals surface area contributed by atoms with Gasteiger partial charge in [-0.3, -0.25) is 14.9 Å². The average Bonchev–Trinajstić information content (AvgIpc) is 3.09. The van der Waals surface area contributed by atoms with E-state index < -0.39 is 11.9 Å². The molecule has 28 heavy (non-hydrogen) atoms. The van der Waals surface area contributed by atoms with E-state index in [4.69, 9.17) is 10.5 Å². The van der Waals surface area contributed by atoms with Crippen molar-refractivity contribution in [2.75, 3.05) is 7.11 Å². The Morgan fingerprint density at radius 1 is 1.14 bits per heavy atom. The number of hydrogen-bond acceptors (Lipinski definition) is 6. The third kappa shape index (κ3) is 4.34. The number of pyridine rings is 1. The number of fused-ring (bicyclic) bond motifs is 1. The average molecular weight is 381 g/mol. The lowest BCUT2D eigenvalue weighted by Crippen LogP contribution is -2.50. The molecule has 146 valence electrons. The molecule has 2 aliphatic rings. The highest BCUT2D eigenvalue weighted by Gasteiger charge is 2.25. The van der Waals surface area contributed by atoms with Crippen molar-refractivity contribution in [1.29, 1.82) is 0 Å². The van der Waals surface area contributed by atoms with E-state index in [9.17, 15) is 9.59 Å². The molecule has 0 bridgehead atoms. The molecule has 3 N–H and O–H groups in total. The molecule has 0 aromatic heterocycles. The third-order valence-corrected chi connectivity index (χ3v) is 4.22. The summed E-state index contributed by atoms with van der Waals surface area (Å²) in [5.74, 6) is 0.365. The van der Waals surface area contributed by atoms with Crippen LogP contribution in [0.1, 0.15) is 13.8 Å². The molecule has 1 atom stereocenters. The van der Waals surface area contributed by atoms with E-state index in [2.05, 4.69) is 15.3 Å². The second-order valence-electron chi connectivity index (χ2n) is 6.79. The van der Waals surface area contributed by atoms with Gasteiger partial charge in [-0.05, 0) is 44.2 Å². The number of imidazole rings is 1. The quantitative estimate of drug-likeness (QED) is 0.572. The molecule has 1 aromatic rings. The second-order valence-corrected chi connectivity index (χ2v) is 6.79. The number of aromatic nitrogens is 3. The topological polar surface area (TPSA) is 112 Å². The molecular formula is C20H23N5O3. The molecule has 1 aromatic carbocycles. The van der Waals surface area contributed by atoms with Crippen LogP contribution in [0.5, 0.6) is 5.75 Å². The van der Waals surface area contributed by atoms with Crippen LogP contribution in [0.2, 0.25) is 0 Å². The molecule has 2 heterocycles. The van der Waals surface area contributed by atoms with Crippen LogP contribution >= 0.6 is 0 Å². The van der Waals surface area contributed by atoms with Crippen molar-refractivity contribution in [3.05, 3.63) is 42.7 Å². The Hall–Kier alpha value is -3.26. The van der Waals surface area contributed by atoms with Gasteiger partial charge in [-0.2, -0.15) is 0 Å². The summed E-state index contributed by atoms with van der Waals surface area (Å²) in [5.41, 5.74) is 7.61. The van der Waals surface area contributed by atoms with Gasteiger partial charge in [0.25, 0.3) is 0 Å². The predicted molar refractivity (Wildman–Crippen MR) is 105 cm³/mol. The van der Waals surface area contributed by atoms with Crippen molar-refractivity contribution < 1.29 is 14.3 Å². The first-order chi connectivity index (χ1) is 13.4. The van der Waals surface area contributed by atoms with Gasteiger partial charge in [0, 0.05) is 24.0 Å². The summed E-state index contributed by atoms with van der Waals surface area (Å²) in [5, 5.41) is 2.90. The smallest absolute Gasteiger partial charge is 0.242 e. The lowest BCUT2D eigenvalue weighted by molar-refractivity contribution is -0.130. The molecular weight excluding hydrogens is 358 g/mol. The number of hydrogen-bond donors (Lipinski definition) is 2. The van der Waals surface area contributed by atoms with E-state index in [0.717, 1.165) is 17.0 Å². The first kappa shape index (κ1) is 19.5. The summed E-state index contributed by atoms with van der Waals surface area (Å²) in [4.78, 5) is 33.1. The fourth-order valence-corrected chi connectivity index (χ4v) is 2.86. The number of amides is 1. The molecule has 0 spiro atoms. The molecule has 2 aliphatic heterocycles. The van der Waals surface area contributed by atoms with E-state index >= 15 is 0 Å². The Kier molecular flexibility index (Phi) is 5.70. The van der Waals surface area contributed by atoms with Crippen LogP contribution in [-0.2, 0) is 16.1 Å². The number of rotatable bonds is 8. The molecule has 0 radical (unpaired) electrons. The third-order valence-electron chi connectivity index (χ3n) is 4.22. The van der Waals surface area contributed by atoms with Crippen LogP contribution in [0.15, 0.2) is 42.7 Å². The summed E-state index contributed by atoms with van der Waals surface area (Å²) in [6, 6.07) is 8.20. The predicted octanol–water partition coefficient (Wildman–Crippen LogP) is 1.48. The van der Waals surface area contributed by atoms with Crippen molar-refractivity contribution in [2.45, 2.75) is 32.5 Å². The molecule has 1 amide bonds. The normalized spacial score (nSPS) is 12.3. The van der Waals surface area contributed by atoms with Crippen molar-refractivity contribution >= 4 is 11.7 Å². The zero-order valence-corrected chi connectivity index (χ0v) is 16.0. The van der Waals surface area contributed by atoms with Crippen molar-refractivity contribution in [1.82, 2.24) is 19.9 Å². The van der Waals surface area contributed by atoms with Gasteiger partial charge in [0.2, 0.25) is 5.91 Å². The largest absolute Gasteiger partial charge is 0.497 e. The Balaban J connectivity index is 1.81. The van der Waals surface area contributed by atoms with Gasteiger partial charge < -0.3 is 15.0 Å². The van der Waals surface area contributed by atoms with Crippen LogP contribution in [0.3, 0.4) is 0 Å². The van der Waals surface area contributed by atoms with Gasteiger partial charge in [0.1, 0.15) is 17.5 Å². The lowest BCUT2D eigenvalue weighted by atomic mass is 10.1. The van der Waals surface area contributed by atoms with Crippen molar-refractivity contribution in [2.24, 2.45) is 5.73 Å². The van der Waals surface area contributed by atoms with Crippen LogP contribution in [-0.4, -0.2) is 45.4 Å². The maximum absolute atomic E-state index is 12.5. The minimum atomic E-state index is -1.02. The van der Waals surface area contributed by atoms with Gasteiger partial charge in [-0.1, -0.05) is 0 Å². The molecule has 0 aliphatic carbocycles. The SMILES string of the molecule is COc1ccc(-c2nc3ccn(CC(=O)C(NC(C)C)C(N)=O)cc-3n2)cc1. The summed E-state index contributed by atoms with van der Waals surface area (Å²) < 4.78 is 6.84. The number of ether oxygens (including phenoxy) is 1. The van der Waals surface area contributed by atoms with Gasteiger partial charge in [0.05, 0.1) is 19.3 Å². The fraction of sp³-hybridized carbons (Fsp3) is 0.300. The van der Waals surface area contributed by atoms with Gasteiger partial charge in [-0.25, -0.2) is 9.97 Å². The Morgan fingerprint density at radius 3 is 2.43 bits per heavy atom. The summed E-state index contributed by atoms with van der Waals surface area (Å²) in [6.07, 6.45) is 3.47. The molecule has 0 saturated heterocycles.